The van der Waals surface area contributed by atoms with Crippen molar-refractivity contribution in [1.29, 1.82) is 0 Å². The highest BCUT2D eigenvalue weighted by atomic mass is 32.2. The van der Waals surface area contributed by atoms with Crippen molar-refractivity contribution in [1.82, 2.24) is 10.3 Å². The Morgan fingerprint density at radius 2 is 1.64 bits per heavy atom. The van der Waals surface area contributed by atoms with E-state index in [1.165, 1.54) is 0 Å². The fraction of sp³-hybridized carbons (Fsp3) is 0.353. The van der Waals surface area contributed by atoms with Crippen LogP contribution in [0, 0.1) is 6.92 Å². The highest BCUT2D eigenvalue weighted by molar-refractivity contribution is 7.91. The third-order valence-corrected chi connectivity index (χ3v) is 5.52. The summed E-state index contributed by atoms with van der Waals surface area (Å²) in [6.45, 7) is 5.85. The summed E-state index contributed by atoms with van der Waals surface area (Å²) in [6, 6.07) is 10.8. The summed E-state index contributed by atoms with van der Waals surface area (Å²) >= 11 is 0. The van der Waals surface area contributed by atoms with Crippen molar-refractivity contribution in [3.63, 3.8) is 0 Å². The van der Waals surface area contributed by atoms with E-state index in [1.807, 2.05) is 45.0 Å². The first-order chi connectivity index (χ1) is 10.4. The summed E-state index contributed by atoms with van der Waals surface area (Å²) in [6.07, 6.45) is 3.47. The molecule has 1 N–H and O–H groups in total. The molecule has 118 valence electrons. The van der Waals surface area contributed by atoms with Crippen molar-refractivity contribution < 1.29 is 8.42 Å². The van der Waals surface area contributed by atoms with E-state index >= 15 is 0 Å². The van der Waals surface area contributed by atoms with E-state index in [4.69, 9.17) is 0 Å². The maximum absolute atomic E-state index is 12.4. The molecule has 0 aliphatic carbocycles. The van der Waals surface area contributed by atoms with Gasteiger partial charge in [-0.15, -0.1) is 0 Å². The molecule has 0 spiro atoms. The second-order valence-electron chi connectivity index (χ2n) is 5.66. The summed E-state index contributed by atoms with van der Waals surface area (Å²) in [7, 11) is -3.28. The first-order valence-electron chi connectivity index (χ1n) is 7.34. The van der Waals surface area contributed by atoms with Crippen LogP contribution in [-0.4, -0.2) is 25.2 Å². The molecule has 2 rings (SSSR count). The van der Waals surface area contributed by atoms with Gasteiger partial charge in [-0.25, -0.2) is 8.42 Å². The average molecular weight is 318 g/mol. The highest BCUT2D eigenvalue weighted by Gasteiger charge is 2.19. The van der Waals surface area contributed by atoms with Gasteiger partial charge in [-0.05, 0) is 50.6 Å². The van der Waals surface area contributed by atoms with Crippen molar-refractivity contribution >= 4 is 9.84 Å². The number of rotatable bonds is 6. The van der Waals surface area contributed by atoms with E-state index in [0.717, 1.165) is 11.1 Å². The van der Waals surface area contributed by atoms with Crippen LogP contribution in [0.15, 0.2) is 53.7 Å². The van der Waals surface area contributed by atoms with Crippen LogP contribution in [0.1, 0.15) is 31.0 Å². The maximum atomic E-state index is 12.4. The summed E-state index contributed by atoms with van der Waals surface area (Å²) < 4.78 is 24.8. The molecule has 0 saturated carbocycles. The molecule has 0 bridgehead atoms. The van der Waals surface area contributed by atoms with Gasteiger partial charge in [-0.2, -0.15) is 0 Å². The van der Waals surface area contributed by atoms with E-state index in [9.17, 15) is 8.42 Å². The SMILES string of the molecule is Cc1ccc(S(=O)(=O)C[C@@H](C)N[C@@H](C)c2ccncc2)cc1. The van der Waals surface area contributed by atoms with Crippen LogP contribution in [0.25, 0.3) is 0 Å². The molecule has 2 atom stereocenters. The summed E-state index contributed by atoms with van der Waals surface area (Å²) in [5.41, 5.74) is 2.14. The van der Waals surface area contributed by atoms with Gasteiger partial charge in [0.05, 0.1) is 10.6 Å². The molecule has 0 unspecified atom stereocenters. The molecule has 0 amide bonds. The number of hydrogen-bond acceptors (Lipinski definition) is 4. The van der Waals surface area contributed by atoms with Crippen molar-refractivity contribution in [3.05, 3.63) is 59.9 Å². The van der Waals surface area contributed by atoms with Gasteiger partial charge in [0, 0.05) is 24.5 Å². The lowest BCUT2D eigenvalue weighted by Gasteiger charge is -2.20. The van der Waals surface area contributed by atoms with Gasteiger partial charge in [-0.3, -0.25) is 4.98 Å². The fourth-order valence-corrected chi connectivity index (χ4v) is 3.89. The molecule has 1 aromatic heterocycles. The minimum atomic E-state index is -3.28. The zero-order valence-corrected chi connectivity index (χ0v) is 14.0. The van der Waals surface area contributed by atoms with Crippen LogP contribution in [-0.2, 0) is 9.84 Å². The van der Waals surface area contributed by atoms with Crippen LogP contribution in [0.2, 0.25) is 0 Å². The lowest BCUT2D eigenvalue weighted by Crippen LogP contribution is -2.34. The fourth-order valence-electron chi connectivity index (χ4n) is 2.39. The summed E-state index contributed by atoms with van der Waals surface area (Å²) in [4.78, 5) is 4.37. The Morgan fingerprint density at radius 3 is 2.23 bits per heavy atom. The largest absolute Gasteiger partial charge is 0.307 e. The Morgan fingerprint density at radius 1 is 1.05 bits per heavy atom. The van der Waals surface area contributed by atoms with Crippen molar-refractivity contribution in [2.75, 3.05) is 5.75 Å². The van der Waals surface area contributed by atoms with Crippen LogP contribution in [0.3, 0.4) is 0 Å². The molecule has 0 fully saturated rings. The molecule has 4 nitrogen and oxygen atoms in total. The Balaban J connectivity index is 2.02. The maximum Gasteiger partial charge on any atom is 0.179 e. The first kappa shape index (κ1) is 16.6. The molecule has 1 heterocycles. The van der Waals surface area contributed by atoms with Crippen LogP contribution in [0.5, 0.6) is 0 Å². The number of aromatic nitrogens is 1. The van der Waals surface area contributed by atoms with Crippen LogP contribution < -0.4 is 5.32 Å². The van der Waals surface area contributed by atoms with Gasteiger partial charge in [-0.1, -0.05) is 17.7 Å². The van der Waals surface area contributed by atoms with Gasteiger partial charge in [0.2, 0.25) is 0 Å². The lowest BCUT2D eigenvalue weighted by atomic mass is 10.1. The van der Waals surface area contributed by atoms with E-state index in [1.54, 1.807) is 24.5 Å². The Kier molecular flexibility index (Phi) is 5.32. The first-order valence-corrected chi connectivity index (χ1v) is 8.99. The number of nitrogens with one attached hydrogen (secondary N) is 1. The quantitative estimate of drug-likeness (QED) is 0.889. The number of benzene rings is 1. The van der Waals surface area contributed by atoms with Gasteiger partial charge < -0.3 is 5.32 Å². The molecule has 0 radical (unpaired) electrons. The molecular formula is C17H22N2O2S. The predicted octanol–water partition coefficient (Wildman–Crippen LogP) is 2.90. The number of nitrogens with zero attached hydrogens (tertiary/aromatic N) is 1. The molecule has 5 heteroatoms. The average Bonchev–Trinajstić information content (AvgIpc) is 2.48. The molecule has 0 aliphatic heterocycles. The number of aryl methyl sites for hydroxylation is 1. The van der Waals surface area contributed by atoms with Crippen molar-refractivity contribution in [2.24, 2.45) is 0 Å². The van der Waals surface area contributed by atoms with Gasteiger partial charge in [0.15, 0.2) is 9.84 Å². The van der Waals surface area contributed by atoms with Gasteiger partial charge in [0.1, 0.15) is 0 Å². The van der Waals surface area contributed by atoms with Crippen LogP contribution in [0.4, 0.5) is 0 Å². The van der Waals surface area contributed by atoms with Crippen molar-refractivity contribution in [2.45, 2.75) is 37.8 Å². The van der Waals surface area contributed by atoms with E-state index in [2.05, 4.69) is 10.3 Å². The van der Waals surface area contributed by atoms with Crippen LogP contribution >= 0.6 is 0 Å². The number of pyridine rings is 1. The van der Waals surface area contributed by atoms with E-state index in [0.29, 0.717) is 4.90 Å². The molecule has 2 aromatic rings. The highest BCUT2D eigenvalue weighted by Crippen LogP contribution is 2.15. The molecule has 1 aromatic carbocycles. The Hall–Kier alpha value is -1.72. The third kappa shape index (κ3) is 4.39. The smallest absolute Gasteiger partial charge is 0.179 e. The van der Waals surface area contributed by atoms with Crippen molar-refractivity contribution in [3.8, 4) is 0 Å². The predicted molar refractivity (Wildman–Crippen MR) is 88.5 cm³/mol. The molecule has 22 heavy (non-hydrogen) atoms. The zero-order chi connectivity index (χ0) is 16.2. The minimum Gasteiger partial charge on any atom is -0.307 e. The summed E-state index contributed by atoms with van der Waals surface area (Å²) in [5, 5.41) is 3.33. The van der Waals surface area contributed by atoms with E-state index < -0.39 is 9.84 Å². The lowest BCUT2D eigenvalue weighted by molar-refractivity contribution is 0.499. The number of hydrogen-bond donors (Lipinski definition) is 1. The zero-order valence-electron chi connectivity index (χ0n) is 13.2. The van der Waals surface area contributed by atoms with Gasteiger partial charge in [0.25, 0.3) is 0 Å². The second kappa shape index (κ2) is 7.03. The standard InChI is InChI=1S/C17H22N2O2S/c1-13-4-6-17(7-5-13)22(20,21)12-14(2)19-15(3)16-8-10-18-11-9-16/h4-11,14-15,19H,12H2,1-3H3/t14-,15+/m1/s1. The monoisotopic (exact) mass is 318 g/mol. The number of sulfone groups is 1. The molecule has 0 saturated heterocycles. The van der Waals surface area contributed by atoms with Gasteiger partial charge >= 0.3 is 0 Å². The normalized spacial score (nSPS) is 14.5. The molecule has 0 aliphatic rings. The minimum absolute atomic E-state index is 0.0749. The Bertz CT molecular complexity index is 697. The van der Waals surface area contributed by atoms with E-state index in [-0.39, 0.29) is 17.8 Å². The topological polar surface area (TPSA) is 59.1 Å². The second-order valence-corrected chi connectivity index (χ2v) is 7.70. The molecular weight excluding hydrogens is 296 g/mol. The summed E-state index contributed by atoms with van der Waals surface area (Å²) in [5.74, 6) is 0.0749. The Labute approximate surface area is 132 Å². The third-order valence-electron chi connectivity index (χ3n) is 3.59.